The topological polar surface area (TPSA) is 101 Å². The van der Waals surface area contributed by atoms with Gasteiger partial charge in [-0.05, 0) is 55.8 Å². The molecule has 3 aromatic heterocycles. The zero-order valence-electron chi connectivity index (χ0n) is 18.1. The standard InChI is InChI=1S/C25H21N5O3/c1-3-30-21-11-8-17(13-19(21)28-24(32)25(30)33)23(31)26-18-9-6-16(7-10-18)20-14-29-12-4-5-15(2)22(29)27-20/h4-14H,3H2,1-2H3,(H,26,31)(H,28,32). The summed E-state index contributed by atoms with van der Waals surface area (Å²) in [5, 5.41) is 2.87. The first kappa shape index (κ1) is 20.4. The van der Waals surface area contributed by atoms with Crippen molar-refractivity contribution in [3.63, 3.8) is 0 Å². The van der Waals surface area contributed by atoms with Crippen LogP contribution in [0, 0.1) is 6.92 Å². The van der Waals surface area contributed by atoms with Crippen LogP contribution in [0.5, 0.6) is 0 Å². The SMILES string of the molecule is CCn1c(=O)c(=O)[nH]c2cc(C(=O)Nc3ccc(-c4cn5cccc(C)c5n4)cc3)ccc21. The second kappa shape index (κ2) is 7.90. The van der Waals surface area contributed by atoms with Crippen LogP contribution in [0.1, 0.15) is 22.8 Å². The number of carbonyl (C=O) groups excluding carboxylic acids is 1. The van der Waals surface area contributed by atoms with Gasteiger partial charge in [0.2, 0.25) is 0 Å². The Bertz CT molecular complexity index is 1640. The molecular formula is C25H21N5O3. The van der Waals surface area contributed by atoms with Crippen LogP contribution < -0.4 is 16.4 Å². The van der Waals surface area contributed by atoms with E-state index in [1.807, 2.05) is 60.1 Å². The summed E-state index contributed by atoms with van der Waals surface area (Å²) in [5.41, 5.74) is 4.50. The maximum atomic E-state index is 12.8. The first-order valence-electron chi connectivity index (χ1n) is 10.6. The summed E-state index contributed by atoms with van der Waals surface area (Å²) in [6, 6.07) is 16.3. The number of aromatic nitrogens is 4. The van der Waals surface area contributed by atoms with Crippen molar-refractivity contribution >= 4 is 28.3 Å². The first-order valence-corrected chi connectivity index (χ1v) is 10.6. The van der Waals surface area contributed by atoms with Crippen molar-refractivity contribution in [3.8, 4) is 11.3 Å². The molecule has 0 saturated carbocycles. The van der Waals surface area contributed by atoms with Gasteiger partial charge in [-0.1, -0.05) is 18.2 Å². The third-order valence-corrected chi connectivity index (χ3v) is 5.67. The zero-order chi connectivity index (χ0) is 23.1. The highest BCUT2D eigenvalue weighted by Gasteiger charge is 2.12. The van der Waals surface area contributed by atoms with Gasteiger partial charge >= 0.3 is 11.1 Å². The van der Waals surface area contributed by atoms with Gasteiger partial charge in [0, 0.05) is 35.8 Å². The minimum atomic E-state index is -0.709. The number of nitrogens with one attached hydrogen (secondary N) is 2. The number of aryl methyl sites for hydroxylation is 2. The maximum Gasteiger partial charge on any atom is 0.316 e. The molecule has 0 unspecified atom stereocenters. The van der Waals surface area contributed by atoms with Gasteiger partial charge in [0.15, 0.2) is 0 Å². The number of hydrogen-bond acceptors (Lipinski definition) is 4. The number of rotatable bonds is 4. The van der Waals surface area contributed by atoms with Gasteiger partial charge < -0.3 is 19.3 Å². The minimum Gasteiger partial charge on any atom is -0.322 e. The molecule has 8 nitrogen and oxygen atoms in total. The van der Waals surface area contributed by atoms with Gasteiger partial charge in [0.1, 0.15) is 5.65 Å². The summed E-state index contributed by atoms with van der Waals surface area (Å²) in [6.07, 6.45) is 3.94. The van der Waals surface area contributed by atoms with Crippen LogP contribution in [-0.4, -0.2) is 24.8 Å². The zero-order valence-corrected chi connectivity index (χ0v) is 18.1. The lowest BCUT2D eigenvalue weighted by molar-refractivity contribution is 0.102. The van der Waals surface area contributed by atoms with Crippen LogP contribution in [0.3, 0.4) is 0 Å². The van der Waals surface area contributed by atoms with Crippen LogP contribution in [-0.2, 0) is 6.54 Å². The van der Waals surface area contributed by atoms with Gasteiger partial charge in [-0.3, -0.25) is 14.4 Å². The molecule has 0 radical (unpaired) electrons. The highest BCUT2D eigenvalue weighted by Crippen LogP contribution is 2.23. The molecule has 33 heavy (non-hydrogen) atoms. The molecule has 1 amide bonds. The van der Waals surface area contributed by atoms with Crippen molar-refractivity contribution in [3.05, 3.63) is 98.8 Å². The molecular weight excluding hydrogens is 418 g/mol. The molecule has 0 saturated heterocycles. The first-order chi connectivity index (χ1) is 15.9. The van der Waals surface area contributed by atoms with Crippen molar-refractivity contribution in [1.82, 2.24) is 18.9 Å². The van der Waals surface area contributed by atoms with Crippen molar-refractivity contribution in [1.29, 1.82) is 0 Å². The van der Waals surface area contributed by atoms with Crippen LogP contribution in [0.25, 0.3) is 27.9 Å². The maximum absolute atomic E-state index is 12.8. The van der Waals surface area contributed by atoms with Crippen molar-refractivity contribution in [2.75, 3.05) is 5.32 Å². The lowest BCUT2D eigenvalue weighted by atomic mass is 10.1. The summed E-state index contributed by atoms with van der Waals surface area (Å²) >= 11 is 0. The number of fused-ring (bicyclic) bond motifs is 2. The molecule has 0 atom stereocenters. The van der Waals surface area contributed by atoms with E-state index in [0.717, 1.165) is 22.5 Å². The molecule has 8 heteroatoms. The average Bonchev–Trinajstić information content (AvgIpc) is 3.26. The van der Waals surface area contributed by atoms with Crippen LogP contribution in [0.15, 0.2) is 76.6 Å². The molecule has 0 aliphatic carbocycles. The van der Waals surface area contributed by atoms with E-state index in [1.165, 1.54) is 4.57 Å². The highest BCUT2D eigenvalue weighted by atomic mass is 16.2. The molecule has 5 rings (SSSR count). The summed E-state index contributed by atoms with van der Waals surface area (Å²) in [7, 11) is 0. The lowest BCUT2D eigenvalue weighted by Gasteiger charge is -2.09. The Hall–Kier alpha value is -4.46. The molecule has 3 heterocycles. The normalized spacial score (nSPS) is 11.2. The number of anilines is 1. The van der Waals surface area contributed by atoms with E-state index in [1.54, 1.807) is 25.1 Å². The Morgan fingerprint density at radius 2 is 1.88 bits per heavy atom. The van der Waals surface area contributed by atoms with E-state index in [0.29, 0.717) is 28.8 Å². The van der Waals surface area contributed by atoms with E-state index in [9.17, 15) is 14.4 Å². The lowest BCUT2D eigenvalue weighted by Crippen LogP contribution is -2.36. The minimum absolute atomic E-state index is 0.317. The molecule has 2 aromatic carbocycles. The Morgan fingerprint density at radius 3 is 2.61 bits per heavy atom. The Morgan fingerprint density at radius 1 is 1.09 bits per heavy atom. The summed E-state index contributed by atoms with van der Waals surface area (Å²) in [6.45, 7) is 4.18. The van der Waals surface area contributed by atoms with E-state index in [-0.39, 0.29) is 5.91 Å². The Balaban J connectivity index is 1.40. The molecule has 0 bridgehead atoms. The van der Waals surface area contributed by atoms with Crippen molar-refractivity contribution in [2.24, 2.45) is 0 Å². The number of nitrogens with zero attached hydrogens (tertiary/aromatic N) is 3. The second-order valence-electron chi connectivity index (χ2n) is 7.82. The second-order valence-corrected chi connectivity index (χ2v) is 7.82. The van der Waals surface area contributed by atoms with Gasteiger partial charge in [0.05, 0.1) is 16.7 Å². The number of carbonyl (C=O) groups is 1. The number of hydrogen-bond donors (Lipinski definition) is 2. The van der Waals surface area contributed by atoms with E-state index >= 15 is 0 Å². The van der Waals surface area contributed by atoms with Crippen LogP contribution >= 0.6 is 0 Å². The van der Waals surface area contributed by atoms with Crippen LogP contribution in [0.4, 0.5) is 5.69 Å². The van der Waals surface area contributed by atoms with Crippen LogP contribution in [0.2, 0.25) is 0 Å². The molecule has 0 fully saturated rings. The van der Waals surface area contributed by atoms with Gasteiger partial charge in [-0.2, -0.15) is 0 Å². The van der Waals surface area contributed by atoms with E-state index in [2.05, 4.69) is 10.3 Å². The number of amides is 1. The van der Waals surface area contributed by atoms with Gasteiger partial charge in [0.25, 0.3) is 5.91 Å². The fourth-order valence-corrected chi connectivity index (χ4v) is 3.95. The number of aromatic amines is 1. The molecule has 2 N–H and O–H groups in total. The van der Waals surface area contributed by atoms with E-state index < -0.39 is 11.1 Å². The van der Waals surface area contributed by atoms with Gasteiger partial charge in [-0.15, -0.1) is 0 Å². The third kappa shape index (κ3) is 3.61. The number of imidazole rings is 1. The summed E-state index contributed by atoms with van der Waals surface area (Å²) in [4.78, 5) is 44.0. The predicted molar refractivity (Wildman–Crippen MR) is 128 cm³/mol. The molecule has 0 aliphatic heterocycles. The number of H-pyrrole nitrogens is 1. The fourth-order valence-electron chi connectivity index (χ4n) is 3.95. The largest absolute Gasteiger partial charge is 0.322 e. The fraction of sp³-hybridized carbons (Fsp3) is 0.120. The molecule has 164 valence electrons. The number of pyridine rings is 1. The molecule has 0 spiro atoms. The highest BCUT2D eigenvalue weighted by molar-refractivity contribution is 6.06. The summed E-state index contributed by atoms with van der Waals surface area (Å²) < 4.78 is 3.37. The van der Waals surface area contributed by atoms with Crippen molar-refractivity contribution in [2.45, 2.75) is 20.4 Å². The quantitative estimate of drug-likeness (QED) is 0.418. The molecule has 5 aromatic rings. The molecule has 0 aliphatic rings. The predicted octanol–water partition coefficient (Wildman–Crippen LogP) is 3.59. The Labute approximate surface area is 188 Å². The van der Waals surface area contributed by atoms with E-state index in [4.69, 9.17) is 4.98 Å². The number of benzene rings is 2. The monoisotopic (exact) mass is 439 g/mol. The average molecular weight is 439 g/mol. The summed E-state index contributed by atoms with van der Waals surface area (Å²) in [5.74, 6) is -0.317. The van der Waals surface area contributed by atoms with Crippen molar-refractivity contribution < 1.29 is 4.79 Å². The third-order valence-electron chi connectivity index (χ3n) is 5.67. The Kier molecular flexibility index (Phi) is 4.90. The smallest absolute Gasteiger partial charge is 0.316 e. The van der Waals surface area contributed by atoms with Gasteiger partial charge in [-0.25, -0.2) is 4.98 Å².